The zero-order valence-corrected chi connectivity index (χ0v) is 19.4. The summed E-state index contributed by atoms with van der Waals surface area (Å²) in [6, 6.07) is 0. The van der Waals surface area contributed by atoms with Crippen molar-refractivity contribution < 1.29 is 61.5 Å². The maximum atomic E-state index is 12.0. The second kappa shape index (κ2) is 10.1. The van der Waals surface area contributed by atoms with Crippen molar-refractivity contribution in [3.8, 4) is 0 Å². The van der Waals surface area contributed by atoms with Crippen molar-refractivity contribution in [2.45, 2.75) is 18.4 Å². The molecule has 2 unspecified atom stereocenters. The Morgan fingerprint density at radius 2 is 1.75 bits per heavy atom. The topological polar surface area (TPSA) is 268 Å². The van der Waals surface area contributed by atoms with Gasteiger partial charge in [0.15, 0.2) is 6.23 Å². The van der Waals surface area contributed by atoms with Crippen LogP contribution in [0.4, 0.5) is 0 Å². The van der Waals surface area contributed by atoms with E-state index in [9.17, 15) is 38.4 Å². The van der Waals surface area contributed by atoms with E-state index >= 15 is 0 Å². The fourth-order valence-electron chi connectivity index (χ4n) is 2.17. The van der Waals surface area contributed by atoms with E-state index in [-0.39, 0.29) is 5.56 Å². The van der Waals surface area contributed by atoms with Crippen molar-refractivity contribution in [2.24, 2.45) is 0 Å². The van der Waals surface area contributed by atoms with Gasteiger partial charge in [0, 0.05) is 6.20 Å². The third-order valence-electron chi connectivity index (χ3n) is 3.38. The summed E-state index contributed by atoms with van der Waals surface area (Å²) in [5.41, 5.74) is -1.97. The molecule has 1 aromatic rings. The molecule has 32 heavy (non-hydrogen) atoms. The minimum atomic E-state index is -5.76. The number of phosphoric ester groups is 1. The molecule has 2 heterocycles. The van der Waals surface area contributed by atoms with Gasteiger partial charge in [-0.25, -0.2) is 23.3 Å². The first-order valence-corrected chi connectivity index (χ1v) is 13.2. The lowest BCUT2D eigenvalue weighted by Crippen LogP contribution is -2.49. The van der Waals surface area contributed by atoms with Gasteiger partial charge in [0.1, 0.15) is 12.2 Å². The van der Waals surface area contributed by atoms with Crippen LogP contribution in [0.3, 0.4) is 0 Å². The molecular weight excluding hydrogens is 575 g/mol. The van der Waals surface area contributed by atoms with Crippen LogP contribution < -0.4 is 16.4 Å². The van der Waals surface area contributed by atoms with Gasteiger partial charge in [0.25, 0.3) is 5.56 Å². The molecule has 1 fully saturated rings. The summed E-state index contributed by atoms with van der Waals surface area (Å²) >= 11 is 2.93. The van der Waals surface area contributed by atoms with E-state index < -0.39 is 59.8 Å². The maximum absolute atomic E-state index is 12.0. The number of hydroxylamine groups is 1. The van der Waals surface area contributed by atoms with E-state index in [1.807, 2.05) is 4.98 Å². The average Bonchev–Trinajstić information content (AvgIpc) is 2.87. The highest BCUT2D eigenvalue weighted by atomic mass is 79.9. The number of aliphatic hydroxyl groups excluding tert-OH is 2. The van der Waals surface area contributed by atoms with E-state index in [1.165, 1.54) is 11.1 Å². The molecule has 0 aliphatic carbocycles. The molecular formula is C10H15BrN3O15P3. The van der Waals surface area contributed by atoms with Crippen molar-refractivity contribution in [2.75, 3.05) is 11.8 Å². The van der Waals surface area contributed by atoms with Gasteiger partial charge in [-0.3, -0.25) is 14.3 Å². The molecule has 5 atom stereocenters. The number of aromatic amines is 1. The van der Waals surface area contributed by atoms with Crippen LogP contribution in [-0.4, -0.2) is 64.5 Å². The molecule has 1 saturated heterocycles. The molecule has 22 heteroatoms. The first-order chi connectivity index (χ1) is 14.6. The van der Waals surface area contributed by atoms with Crippen molar-refractivity contribution >= 4 is 45.5 Å². The van der Waals surface area contributed by atoms with Crippen LogP contribution in [-0.2, 0) is 31.7 Å². The van der Waals surface area contributed by atoms with Crippen molar-refractivity contribution in [3.63, 3.8) is 0 Å². The van der Waals surface area contributed by atoms with Gasteiger partial charge < -0.3 is 29.8 Å². The van der Waals surface area contributed by atoms with E-state index in [0.29, 0.717) is 9.85 Å². The van der Waals surface area contributed by atoms with Gasteiger partial charge in [0.05, 0.1) is 12.2 Å². The van der Waals surface area contributed by atoms with Gasteiger partial charge in [-0.1, -0.05) is 15.9 Å². The number of aromatic nitrogens is 2. The Labute approximate surface area is 184 Å². The molecule has 0 radical (unpaired) electrons. The van der Waals surface area contributed by atoms with Crippen molar-refractivity contribution in [1.29, 1.82) is 0 Å². The molecule has 0 saturated carbocycles. The average molecular weight is 590 g/mol. The Kier molecular flexibility index (Phi) is 8.58. The van der Waals surface area contributed by atoms with Gasteiger partial charge in [0.2, 0.25) is 0 Å². The molecule has 1 aliphatic heterocycles. The standard InChI is InChI=1S/C10H15BrN3O15P3/c11-2-1-5-3-13(10(18)12-8(5)16)14-9(17)7(15)6(27-14)4-26-31(22,23)29-32(24,25)28-30(19,20)21/h1-3,6-7,9,15,17H,4H2,(H,22,23)(H,24,25)(H,12,16,18)(H2,19,20,21)/b2-1+/t6-,7-,9-/m1/s1. The lowest BCUT2D eigenvalue weighted by molar-refractivity contribution is -0.0231. The van der Waals surface area contributed by atoms with Crippen LogP contribution in [0.1, 0.15) is 5.56 Å². The second-order valence-electron chi connectivity index (χ2n) is 5.72. The number of H-pyrrole nitrogens is 1. The number of aliphatic hydroxyl groups is 2. The number of hydrogen-bond donors (Lipinski definition) is 7. The highest BCUT2D eigenvalue weighted by Gasteiger charge is 2.46. The molecule has 182 valence electrons. The molecule has 2 rings (SSSR count). The Hall–Kier alpha value is -1.01. The Morgan fingerprint density at radius 1 is 1.12 bits per heavy atom. The lowest BCUT2D eigenvalue weighted by Gasteiger charge is -2.22. The summed E-state index contributed by atoms with van der Waals surface area (Å²) in [4.78, 5) is 67.5. The zero-order chi connectivity index (χ0) is 24.5. The summed E-state index contributed by atoms with van der Waals surface area (Å²) in [7, 11) is -16.9. The molecule has 18 nitrogen and oxygen atoms in total. The van der Waals surface area contributed by atoms with Crippen LogP contribution in [0.5, 0.6) is 0 Å². The number of hydrogen-bond acceptors (Lipinski definition) is 12. The van der Waals surface area contributed by atoms with E-state index in [0.717, 1.165) is 6.20 Å². The van der Waals surface area contributed by atoms with Gasteiger partial charge in [-0.05, 0) is 11.1 Å². The number of halogens is 1. The predicted molar refractivity (Wildman–Crippen MR) is 104 cm³/mol. The summed E-state index contributed by atoms with van der Waals surface area (Å²) in [5.74, 6) is 0. The highest BCUT2D eigenvalue weighted by molar-refractivity contribution is 9.11. The molecule has 1 aromatic heterocycles. The predicted octanol–water partition coefficient (Wildman–Crippen LogP) is -1.82. The van der Waals surface area contributed by atoms with Crippen LogP contribution in [0.15, 0.2) is 20.8 Å². The van der Waals surface area contributed by atoms with Crippen molar-refractivity contribution in [1.82, 2.24) is 9.66 Å². The molecule has 7 N–H and O–H groups in total. The molecule has 1 aliphatic rings. The number of phosphoric acid groups is 3. The SMILES string of the molecule is O=c1[nH]c(=O)n(N2O[C@H](COP(=O)(O)OP(=O)(O)OP(=O)(O)O)[C@@H](O)[C@H]2O)cc1/C=C/Br. The Balaban J connectivity index is 2.14. The highest BCUT2D eigenvalue weighted by Crippen LogP contribution is 2.66. The largest absolute Gasteiger partial charge is 0.490 e. The van der Waals surface area contributed by atoms with Gasteiger partial charge >= 0.3 is 29.2 Å². The fraction of sp³-hybridized carbons (Fsp3) is 0.400. The third-order valence-corrected chi connectivity index (χ3v) is 7.45. The Morgan fingerprint density at radius 3 is 2.31 bits per heavy atom. The second-order valence-corrected chi connectivity index (χ2v) is 10.7. The van der Waals surface area contributed by atoms with E-state index in [4.69, 9.17) is 19.5 Å². The first-order valence-electron chi connectivity index (χ1n) is 7.79. The maximum Gasteiger partial charge on any atom is 0.490 e. The normalized spacial score (nSPS) is 25.7. The number of nitrogens with one attached hydrogen (secondary N) is 1. The summed E-state index contributed by atoms with van der Waals surface area (Å²) in [6.45, 7) is -1.11. The molecule has 0 bridgehead atoms. The van der Waals surface area contributed by atoms with E-state index in [2.05, 4.69) is 29.1 Å². The van der Waals surface area contributed by atoms with Crippen LogP contribution >= 0.6 is 39.4 Å². The zero-order valence-electron chi connectivity index (χ0n) is 15.1. The molecule has 0 aromatic carbocycles. The fourth-order valence-corrected chi connectivity index (χ4v) is 5.49. The smallest absolute Gasteiger partial charge is 0.385 e. The summed E-state index contributed by atoms with van der Waals surface area (Å²) in [6.07, 6.45) is -3.37. The quantitative estimate of drug-likeness (QED) is 0.156. The van der Waals surface area contributed by atoms with E-state index in [1.54, 1.807) is 0 Å². The number of nitrogens with zero attached hydrogens (tertiary/aromatic N) is 2. The third kappa shape index (κ3) is 7.24. The number of rotatable bonds is 9. The molecule has 0 spiro atoms. The first kappa shape index (κ1) is 27.2. The molecule has 0 amide bonds. The van der Waals surface area contributed by atoms with Gasteiger partial charge in [-0.15, -0.1) is 0 Å². The monoisotopic (exact) mass is 589 g/mol. The summed E-state index contributed by atoms with van der Waals surface area (Å²) < 4.78 is 45.5. The minimum Gasteiger partial charge on any atom is -0.385 e. The van der Waals surface area contributed by atoms with Crippen LogP contribution in [0, 0.1) is 0 Å². The summed E-state index contributed by atoms with van der Waals surface area (Å²) in [5, 5.41) is 20.5. The van der Waals surface area contributed by atoms with Crippen molar-refractivity contribution in [3.05, 3.63) is 37.6 Å². The Bertz CT molecular complexity index is 1130. The lowest BCUT2D eigenvalue weighted by atomic mass is 10.2. The van der Waals surface area contributed by atoms with Gasteiger partial charge in [-0.2, -0.15) is 18.5 Å². The minimum absolute atomic E-state index is 0.0801. The van der Waals surface area contributed by atoms with Crippen LogP contribution in [0.25, 0.3) is 6.08 Å². The van der Waals surface area contributed by atoms with Crippen LogP contribution in [0.2, 0.25) is 0 Å².